The van der Waals surface area contributed by atoms with Gasteiger partial charge in [0.15, 0.2) is 5.11 Å². The fourth-order valence-electron chi connectivity index (χ4n) is 6.45. The number of hydrogen-bond acceptors (Lipinski definition) is 3. The molecule has 4 bridgehead atoms. The molecule has 4 aliphatic rings. The van der Waals surface area contributed by atoms with Gasteiger partial charge < -0.3 is 16.0 Å². The Labute approximate surface area is 194 Å². The molecule has 6 heteroatoms. The predicted octanol–water partition coefficient (Wildman–Crippen LogP) is 5.28. The molecule has 0 atom stereocenters. The number of carbonyl (C=O) groups is 2. The largest absolute Gasteiger partial charge is 0.332 e. The second-order valence-electron chi connectivity index (χ2n) is 9.96. The smallest absolute Gasteiger partial charge is 0.255 e. The van der Waals surface area contributed by atoms with E-state index in [-0.39, 0.29) is 17.2 Å². The van der Waals surface area contributed by atoms with Crippen molar-refractivity contribution in [2.75, 3.05) is 10.6 Å². The monoisotopic (exact) mass is 447 g/mol. The van der Waals surface area contributed by atoms with Crippen LogP contribution in [0.5, 0.6) is 0 Å². The highest BCUT2D eigenvalue weighted by molar-refractivity contribution is 7.80. The van der Waals surface area contributed by atoms with Crippen LogP contribution in [-0.4, -0.2) is 16.9 Å². The van der Waals surface area contributed by atoms with E-state index in [1.165, 1.54) is 19.3 Å². The van der Waals surface area contributed by atoms with E-state index in [0.717, 1.165) is 54.0 Å². The second-order valence-corrected chi connectivity index (χ2v) is 10.4. The van der Waals surface area contributed by atoms with E-state index in [0.29, 0.717) is 10.7 Å². The molecule has 166 valence electrons. The predicted molar refractivity (Wildman–Crippen MR) is 131 cm³/mol. The maximum Gasteiger partial charge on any atom is 0.255 e. The van der Waals surface area contributed by atoms with Crippen molar-refractivity contribution in [3.05, 3.63) is 59.7 Å². The fraction of sp³-hybridized carbons (Fsp3) is 0.423. The van der Waals surface area contributed by atoms with Crippen LogP contribution in [0.3, 0.4) is 0 Å². The van der Waals surface area contributed by atoms with Crippen LogP contribution < -0.4 is 16.0 Å². The summed E-state index contributed by atoms with van der Waals surface area (Å²) in [7, 11) is 0. The number of carbonyl (C=O) groups excluding carboxylic acids is 2. The topological polar surface area (TPSA) is 70.2 Å². The third-order valence-corrected chi connectivity index (χ3v) is 7.72. The van der Waals surface area contributed by atoms with Crippen molar-refractivity contribution >= 4 is 40.5 Å². The number of thiocarbonyl (C=S) groups is 1. The van der Waals surface area contributed by atoms with Gasteiger partial charge in [0, 0.05) is 16.9 Å². The number of anilines is 2. The van der Waals surface area contributed by atoms with Crippen molar-refractivity contribution in [1.82, 2.24) is 5.32 Å². The van der Waals surface area contributed by atoms with Gasteiger partial charge in [0.05, 0.1) is 5.41 Å². The Morgan fingerprint density at radius 3 is 2.12 bits per heavy atom. The number of hydrogen-bond donors (Lipinski definition) is 3. The van der Waals surface area contributed by atoms with Crippen LogP contribution in [0.15, 0.2) is 48.5 Å². The van der Waals surface area contributed by atoms with Crippen LogP contribution in [0.1, 0.15) is 54.4 Å². The van der Waals surface area contributed by atoms with E-state index in [1.54, 1.807) is 12.1 Å². The molecule has 2 aromatic rings. The average molecular weight is 448 g/mol. The molecule has 6 rings (SSSR count). The van der Waals surface area contributed by atoms with Gasteiger partial charge in [-0.2, -0.15) is 0 Å². The lowest BCUT2D eigenvalue weighted by Crippen LogP contribution is -2.55. The number of amides is 2. The summed E-state index contributed by atoms with van der Waals surface area (Å²) in [5.41, 5.74) is 2.84. The molecule has 4 aliphatic carbocycles. The maximum atomic E-state index is 13.2. The highest BCUT2D eigenvalue weighted by Gasteiger charge is 2.54. The van der Waals surface area contributed by atoms with E-state index in [4.69, 9.17) is 12.2 Å². The number of nitrogens with one attached hydrogen (secondary N) is 3. The molecular weight excluding hydrogens is 418 g/mol. The standard InChI is InChI=1S/C26H29N3O2S/c1-16-9-21(7-8-22(16)28-23(30)20-5-3-2-4-6-20)27-25(32)29-24(31)26-13-17-10-18(14-26)12-19(11-17)15-26/h2-9,17-19H,10-15H2,1H3,(H,28,30)(H2,27,29,31,32). The zero-order chi connectivity index (χ0) is 22.3. The highest BCUT2D eigenvalue weighted by atomic mass is 32.1. The van der Waals surface area contributed by atoms with Crippen molar-refractivity contribution in [2.45, 2.75) is 45.4 Å². The zero-order valence-corrected chi connectivity index (χ0v) is 19.1. The summed E-state index contributed by atoms with van der Waals surface area (Å²) in [6, 6.07) is 14.8. The van der Waals surface area contributed by atoms with Gasteiger partial charge in [0.1, 0.15) is 0 Å². The summed E-state index contributed by atoms with van der Waals surface area (Å²) < 4.78 is 0. The first-order chi connectivity index (χ1) is 15.4. The molecule has 32 heavy (non-hydrogen) atoms. The van der Waals surface area contributed by atoms with E-state index in [2.05, 4.69) is 16.0 Å². The quantitative estimate of drug-likeness (QED) is 0.558. The lowest BCUT2D eigenvalue weighted by molar-refractivity contribution is -0.144. The minimum atomic E-state index is -0.220. The minimum absolute atomic E-state index is 0.0950. The summed E-state index contributed by atoms with van der Waals surface area (Å²) in [5.74, 6) is 2.10. The number of rotatable bonds is 4. The molecule has 0 aliphatic heterocycles. The Morgan fingerprint density at radius 2 is 1.53 bits per heavy atom. The molecule has 0 saturated heterocycles. The van der Waals surface area contributed by atoms with Gasteiger partial charge >= 0.3 is 0 Å². The van der Waals surface area contributed by atoms with Crippen LogP contribution in [-0.2, 0) is 4.79 Å². The molecule has 0 aromatic heterocycles. The molecule has 0 spiro atoms. The van der Waals surface area contributed by atoms with Gasteiger partial charge in [-0.1, -0.05) is 18.2 Å². The Bertz CT molecular complexity index is 1030. The van der Waals surface area contributed by atoms with Gasteiger partial charge in [-0.15, -0.1) is 0 Å². The summed E-state index contributed by atoms with van der Waals surface area (Å²) >= 11 is 5.46. The van der Waals surface area contributed by atoms with Crippen molar-refractivity contribution in [1.29, 1.82) is 0 Å². The van der Waals surface area contributed by atoms with Crippen molar-refractivity contribution in [2.24, 2.45) is 23.2 Å². The zero-order valence-electron chi connectivity index (χ0n) is 18.3. The maximum absolute atomic E-state index is 13.2. The first-order valence-corrected chi connectivity index (χ1v) is 11.9. The van der Waals surface area contributed by atoms with Crippen LogP contribution in [0.2, 0.25) is 0 Å². The van der Waals surface area contributed by atoms with Crippen LogP contribution in [0, 0.1) is 30.1 Å². The first kappa shape index (κ1) is 21.1. The lowest BCUT2D eigenvalue weighted by atomic mass is 9.49. The Hall–Kier alpha value is -2.73. The van der Waals surface area contributed by atoms with Gasteiger partial charge in [-0.05, 0) is 111 Å². The molecule has 4 fully saturated rings. The molecule has 2 aromatic carbocycles. The van der Waals surface area contributed by atoms with Gasteiger partial charge in [-0.3, -0.25) is 9.59 Å². The fourth-order valence-corrected chi connectivity index (χ4v) is 6.66. The molecule has 5 nitrogen and oxygen atoms in total. The normalized spacial score (nSPS) is 27.6. The van der Waals surface area contributed by atoms with Crippen LogP contribution in [0.25, 0.3) is 0 Å². The van der Waals surface area contributed by atoms with Crippen LogP contribution in [0.4, 0.5) is 11.4 Å². The number of benzene rings is 2. The Morgan fingerprint density at radius 1 is 0.906 bits per heavy atom. The Balaban J connectivity index is 1.20. The van der Waals surface area contributed by atoms with Gasteiger partial charge in [-0.25, -0.2) is 0 Å². The molecule has 4 saturated carbocycles. The van der Waals surface area contributed by atoms with Crippen molar-refractivity contribution in [3.8, 4) is 0 Å². The van der Waals surface area contributed by atoms with Gasteiger partial charge in [0.2, 0.25) is 5.91 Å². The van der Waals surface area contributed by atoms with Crippen molar-refractivity contribution < 1.29 is 9.59 Å². The summed E-state index contributed by atoms with van der Waals surface area (Å²) in [4.78, 5) is 25.6. The average Bonchev–Trinajstić information content (AvgIpc) is 2.75. The van der Waals surface area contributed by atoms with E-state index in [9.17, 15) is 9.59 Å². The summed E-state index contributed by atoms with van der Waals surface area (Å²) in [6.07, 6.45) is 6.97. The van der Waals surface area contributed by atoms with E-state index < -0.39 is 0 Å². The van der Waals surface area contributed by atoms with Gasteiger partial charge in [0.25, 0.3) is 5.91 Å². The lowest BCUT2D eigenvalue weighted by Gasteiger charge is -2.55. The first-order valence-electron chi connectivity index (χ1n) is 11.5. The molecule has 3 N–H and O–H groups in total. The minimum Gasteiger partial charge on any atom is -0.332 e. The number of aryl methyl sites for hydroxylation is 1. The molecule has 0 heterocycles. The van der Waals surface area contributed by atoms with E-state index in [1.807, 2.05) is 43.3 Å². The summed E-state index contributed by atoms with van der Waals surface area (Å²) in [6.45, 7) is 1.93. The van der Waals surface area contributed by atoms with Crippen molar-refractivity contribution in [3.63, 3.8) is 0 Å². The third kappa shape index (κ3) is 4.16. The Kier molecular flexibility index (Phi) is 5.49. The molecule has 0 radical (unpaired) electrons. The summed E-state index contributed by atoms with van der Waals surface area (Å²) in [5, 5.41) is 9.41. The molecule has 0 unspecified atom stereocenters. The second kappa shape index (κ2) is 8.32. The van der Waals surface area contributed by atoms with E-state index >= 15 is 0 Å². The van der Waals surface area contributed by atoms with Crippen LogP contribution >= 0.6 is 12.2 Å². The SMILES string of the molecule is Cc1cc(NC(=S)NC(=O)C23CC4CC(CC(C4)C2)C3)ccc1NC(=O)c1ccccc1. The third-order valence-electron chi connectivity index (χ3n) is 7.52. The molecular formula is C26H29N3O2S. The molecule has 2 amide bonds. The highest BCUT2D eigenvalue weighted by Crippen LogP contribution is 2.60.